The Labute approximate surface area is 73.0 Å². The fourth-order valence-corrected chi connectivity index (χ4v) is 0.835. The van der Waals surface area contributed by atoms with Gasteiger partial charge in [-0.1, -0.05) is 34.8 Å². The first-order valence-corrected chi connectivity index (χ1v) is 3.51. The molecular weight excluding hydrogens is 200 g/mol. The van der Waals surface area contributed by atoms with Gasteiger partial charge in [0.2, 0.25) is 0 Å². The number of alkyl halides is 3. The first-order chi connectivity index (χ1) is 4.33. The van der Waals surface area contributed by atoms with E-state index in [9.17, 15) is 4.79 Å². The van der Waals surface area contributed by atoms with Crippen molar-refractivity contribution in [2.45, 2.75) is 16.3 Å². The summed E-state index contributed by atoms with van der Waals surface area (Å²) in [5.41, 5.74) is 5.05. The molecule has 0 bridgehead atoms. The normalized spacial score (nSPS) is 14.8. The summed E-state index contributed by atoms with van der Waals surface area (Å²) in [5, 5.41) is 8.24. The molecule has 0 aliphatic rings. The van der Waals surface area contributed by atoms with Gasteiger partial charge >= 0.3 is 5.97 Å². The molecular formula is C4H6Cl3NO2. The van der Waals surface area contributed by atoms with Crippen LogP contribution in [0.3, 0.4) is 0 Å². The van der Waals surface area contributed by atoms with E-state index in [2.05, 4.69) is 0 Å². The highest BCUT2D eigenvalue weighted by atomic mass is 35.6. The SMILES string of the molecule is N[C@@H](CC(Cl)(Cl)Cl)C(=O)O. The third kappa shape index (κ3) is 5.11. The summed E-state index contributed by atoms with van der Waals surface area (Å²) in [7, 11) is 0. The molecule has 0 saturated heterocycles. The van der Waals surface area contributed by atoms with Gasteiger partial charge in [-0.25, -0.2) is 0 Å². The Hall–Kier alpha value is 0.300. The Balaban J connectivity index is 3.80. The number of hydrogen-bond donors (Lipinski definition) is 2. The maximum absolute atomic E-state index is 10.1. The molecule has 0 aromatic carbocycles. The topological polar surface area (TPSA) is 63.3 Å². The molecule has 3 N–H and O–H groups in total. The number of halogens is 3. The standard InChI is InChI=1S/C4H6Cl3NO2/c5-4(6,7)1-2(8)3(9)10/h2H,1,8H2,(H,9,10)/t2-/m0/s1. The van der Waals surface area contributed by atoms with E-state index < -0.39 is 15.8 Å². The molecule has 0 aromatic rings. The molecule has 0 unspecified atom stereocenters. The summed E-state index contributed by atoms with van der Waals surface area (Å²) in [5.74, 6) is -1.17. The van der Waals surface area contributed by atoms with Gasteiger partial charge in [-0.15, -0.1) is 0 Å². The average molecular weight is 206 g/mol. The van der Waals surface area contributed by atoms with Crippen molar-refractivity contribution in [3.63, 3.8) is 0 Å². The minimum Gasteiger partial charge on any atom is -0.480 e. The minimum absolute atomic E-state index is 0.188. The summed E-state index contributed by atoms with van der Waals surface area (Å²) in [6, 6.07) is -1.12. The first kappa shape index (κ1) is 10.3. The van der Waals surface area contributed by atoms with E-state index in [0.717, 1.165) is 0 Å². The van der Waals surface area contributed by atoms with Crippen molar-refractivity contribution in [1.29, 1.82) is 0 Å². The molecule has 0 rings (SSSR count). The van der Waals surface area contributed by atoms with Gasteiger partial charge in [-0.2, -0.15) is 0 Å². The number of carboxylic acid groups (broad SMARTS) is 1. The van der Waals surface area contributed by atoms with Crippen molar-refractivity contribution in [2.75, 3.05) is 0 Å². The third-order valence-electron chi connectivity index (χ3n) is 0.769. The van der Waals surface area contributed by atoms with Gasteiger partial charge in [0, 0.05) is 6.42 Å². The monoisotopic (exact) mass is 205 g/mol. The number of rotatable bonds is 2. The number of carboxylic acids is 1. The van der Waals surface area contributed by atoms with Gasteiger partial charge < -0.3 is 10.8 Å². The van der Waals surface area contributed by atoms with Crippen LogP contribution in [0.25, 0.3) is 0 Å². The van der Waals surface area contributed by atoms with Crippen LogP contribution in [0.4, 0.5) is 0 Å². The average Bonchev–Trinajstić information content (AvgIpc) is 1.60. The highest BCUT2D eigenvalue weighted by Crippen LogP contribution is 2.30. The largest absolute Gasteiger partial charge is 0.480 e. The molecule has 0 aliphatic carbocycles. The van der Waals surface area contributed by atoms with Gasteiger partial charge in [-0.05, 0) is 0 Å². The van der Waals surface area contributed by atoms with E-state index in [-0.39, 0.29) is 6.42 Å². The highest BCUT2D eigenvalue weighted by molar-refractivity contribution is 6.67. The Morgan fingerprint density at radius 1 is 1.60 bits per heavy atom. The van der Waals surface area contributed by atoms with E-state index in [1.54, 1.807) is 0 Å². The summed E-state index contributed by atoms with van der Waals surface area (Å²) in [4.78, 5) is 10.1. The van der Waals surface area contributed by atoms with E-state index in [4.69, 9.17) is 45.6 Å². The van der Waals surface area contributed by atoms with Gasteiger partial charge in [0.05, 0.1) is 0 Å². The van der Waals surface area contributed by atoms with Crippen molar-refractivity contribution < 1.29 is 9.90 Å². The van der Waals surface area contributed by atoms with Crippen LogP contribution in [0.1, 0.15) is 6.42 Å². The van der Waals surface area contributed by atoms with Crippen LogP contribution < -0.4 is 5.73 Å². The van der Waals surface area contributed by atoms with Gasteiger partial charge in [0.1, 0.15) is 6.04 Å². The van der Waals surface area contributed by atoms with Crippen molar-refractivity contribution >= 4 is 40.8 Å². The fraction of sp³-hybridized carbons (Fsp3) is 0.750. The maximum Gasteiger partial charge on any atom is 0.320 e. The zero-order chi connectivity index (χ0) is 8.36. The molecule has 3 nitrogen and oxygen atoms in total. The summed E-state index contributed by atoms with van der Waals surface area (Å²) in [6.45, 7) is 0. The van der Waals surface area contributed by atoms with Crippen LogP contribution in [-0.2, 0) is 4.79 Å². The Morgan fingerprint density at radius 3 is 2.10 bits per heavy atom. The predicted octanol–water partition coefficient (Wildman–Crippen LogP) is 1.16. The molecule has 0 heterocycles. The Bertz CT molecular complexity index is 133. The third-order valence-corrected chi connectivity index (χ3v) is 1.23. The van der Waals surface area contributed by atoms with Crippen LogP contribution in [0.15, 0.2) is 0 Å². The van der Waals surface area contributed by atoms with Crippen LogP contribution in [0, 0.1) is 0 Å². The molecule has 0 spiro atoms. The van der Waals surface area contributed by atoms with Crippen molar-refractivity contribution in [1.82, 2.24) is 0 Å². The zero-order valence-corrected chi connectivity index (χ0v) is 7.12. The van der Waals surface area contributed by atoms with E-state index >= 15 is 0 Å². The molecule has 0 saturated carbocycles. The molecule has 0 radical (unpaired) electrons. The molecule has 0 aromatic heterocycles. The molecule has 10 heavy (non-hydrogen) atoms. The number of aliphatic carboxylic acids is 1. The second-order valence-electron chi connectivity index (χ2n) is 1.76. The van der Waals surface area contributed by atoms with Crippen molar-refractivity contribution in [3.8, 4) is 0 Å². The quantitative estimate of drug-likeness (QED) is 0.667. The van der Waals surface area contributed by atoms with Crippen LogP contribution in [-0.4, -0.2) is 20.9 Å². The van der Waals surface area contributed by atoms with E-state index in [1.165, 1.54) is 0 Å². The molecule has 0 amide bonds. The summed E-state index contributed by atoms with van der Waals surface area (Å²) >= 11 is 15.8. The highest BCUT2D eigenvalue weighted by Gasteiger charge is 2.26. The van der Waals surface area contributed by atoms with Crippen molar-refractivity contribution in [3.05, 3.63) is 0 Å². The lowest BCUT2D eigenvalue weighted by molar-refractivity contribution is -0.138. The molecule has 1 atom stereocenters. The molecule has 60 valence electrons. The zero-order valence-electron chi connectivity index (χ0n) is 4.85. The molecule has 6 heteroatoms. The van der Waals surface area contributed by atoms with Crippen LogP contribution >= 0.6 is 34.8 Å². The van der Waals surface area contributed by atoms with Crippen molar-refractivity contribution in [2.24, 2.45) is 5.73 Å². The smallest absolute Gasteiger partial charge is 0.320 e. The second kappa shape index (κ2) is 3.62. The van der Waals surface area contributed by atoms with Crippen LogP contribution in [0.5, 0.6) is 0 Å². The Kier molecular flexibility index (Phi) is 3.73. The number of nitrogens with two attached hydrogens (primary N) is 1. The molecule has 0 aliphatic heterocycles. The maximum atomic E-state index is 10.1. The second-order valence-corrected chi connectivity index (χ2v) is 4.28. The van der Waals surface area contributed by atoms with E-state index in [0.29, 0.717) is 0 Å². The lowest BCUT2D eigenvalue weighted by Gasteiger charge is -2.12. The Morgan fingerprint density at radius 2 is 2.00 bits per heavy atom. The van der Waals surface area contributed by atoms with Gasteiger partial charge in [0.15, 0.2) is 3.79 Å². The minimum atomic E-state index is -1.59. The number of carbonyl (C=O) groups is 1. The van der Waals surface area contributed by atoms with Gasteiger partial charge in [-0.3, -0.25) is 4.79 Å². The lowest BCUT2D eigenvalue weighted by atomic mass is 10.2. The van der Waals surface area contributed by atoms with Crippen LogP contribution in [0.2, 0.25) is 0 Å². The van der Waals surface area contributed by atoms with Gasteiger partial charge in [0.25, 0.3) is 0 Å². The lowest BCUT2D eigenvalue weighted by Crippen LogP contribution is -2.33. The van der Waals surface area contributed by atoms with E-state index in [1.807, 2.05) is 0 Å². The first-order valence-electron chi connectivity index (χ1n) is 2.38. The fourth-order valence-electron chi connectivity index (χ4n) is 0.337. The summed E-state index contributed by atoms with van der Waals surface area (Å²) in [6.07, 6.45) is -0.188. The summed E-state index contributed by atoms with van der Waals surface area (Å²) < 4.78 is -1.59. The predicted molar refractivity (Wildman–Crippen MR) is 40.5 cm³/mol. The molecule has 0 fully saturated rings. The number of hydrogen-bond acceptors (Lipinski definition) is 2.